The summed E-state index contributed by atoms with van der Waals surface area (Å²) >= 11 is 0. The maximum Gasteiger partial charge on any atom is 0.269 e. The molecule has 0 atom stereocenters. The number of rotatable bonds is 5. The Labute approximate surface area is 110 Å². The Morgan fingerprint density at radius 1 is 1.58 bits per heavy atom. The minimum atomic E-state index is -0.398. The molecular formula is C13H14N4O2. The Bertz CT molecular complexity index is 619. The van der Waals surface area contributed by atoms with Crippen LogP contribution in [0.5, 0.6) is 0 Å². The molecule has 1 aromatic carbocycles. The van der Waals surface area contributed by atoms with E-state index in [1.165, 1.54) is 6.07 Å². The van der Waals surface area contributed by atoms with Crippen LogP contribution in [0.1, 0.15) is 11.1 Å². The van der Waals surface area contributed by atoms with Crippen LogP contribution in [0.3, 0.4) is 0 Å². The van der Waals surface area contributed by atoms with E-state index in [1.807, 2.05) is 13.1 Å². The standard InChI is InChI=1S/C13H14N4O2/c1-3-16-9-11(8-15-16)7-14-13-5-4-12(17(18)19)6-10(13)2/h3-6,8-9,14H,1,7H2,2H3. The average Bonchev–Trinajstić information content (AvgIpc) is 2.85. The van der Waals surface area contributed by atoms with Crippen LogP contribution in [0.2, 0.25) is 0 Å². The summed E-state index contributed by atoms with van der Waals surface area (Å²) in [5, 5.41) is 17.9. The topological polar surface area (TPSA) is 73.0 Å². The number of nitrogens with one attached hydrogen (secondary N) is 1. The number of hydrogen-bond acceptors (Lipinski definition) is 4. The van der Waals surface area contributed by atoms with Crippen molar-refractivity contribution in [1.82, 2.24) is 9.78 Å². The van der Waals surface area contributed by atoms with Crippen molar-refractivity contribution in [3.63, 3.8) is 0 Å². The number of hydrogen-bond donors (Lipinski definition) is 1. The van der Waals surface area contributed by atoms with Crippen LogP contribution in [-0.2, 0) is 6.54 Å². The van der Waals surface area contributed by atoms with Crippen molar-refractivity contribution in [2.24, 2.45) is 0 Å². The predicted octanol–water partition coefficient (Wildman–Crippen LogP) is 2.81. The number of benzene rings is 1. The Kier molecular flexibility index (Phi) is 3.61. The number of nitrogens with zero attached hydrogens (tertiary/aromatic N) is 3. The Balaban J connectivity index is 2.07. The highest BCUT2D eigenvalue weighted by Gasteiger charge is 2.07. The molecule has 98 valence electrons. The largest absolute Gasteiger partial charge is 0.381 e. The van der Waals surface area contributed by atoms with Gasteiger partial charge >= 0.3 is 0 Å². The summed E-state index contributed by atoms with van der Waals surface area (Å²) < 4.78 is 1.62. The minimum absolute atomic E-state index is 0.0996. The van der Waals surface area contributed by atoms with Gasteiger partial charge in [-0.15, -0.1) is 0 Å². The van der Waals surface area contributed by atoms with Crippen molar-refractivity contribution in [2.75, 3.05) is 5.32 Å². The first-order chi connectivity index (χ1) is 9.10. The Morgan fingerprint density at radius 2 is 2.37 bits per heavy atom. The molecule has 2 rings (SSSR count). The van der Waals surface area contributed by atoms with Crippen LogP contribution in [-0.4, -0.2) is 14.7 Å². The zero-order valence-corrected chi connectivity index (χ0v) is 10.5. The molecule has 1 aromatic heterocycles. The summed E-state index contributed by atoms with van der Waals surface area (Å²) in [7, 11) is 0. The number of non-ortho nitro benzene ring substituents is 1. The van der Waals surface area contributed by atoms with E-state index in [-0.39, 0.29) is 5.69 Å². The third-order valence-corrected chi connectivity index (χ3v) is 2.75. The van der Waals surface area contributed by atoms with Gasteiger partial charge in [-0.05, 0) is 18.6 Å². The molecule has 0 aliphatic heterocycles. The highest BCUT2D eigenvalue weighted by Crippen LogP contribution is 2.21. The van der Waals surface area contributed by atoms with Crippen LogP contribution in [0.4, 0.5) is 11.4 Å². The number of aromatic nitrogens is 2. The van der Waals surface area contributed by atoms with Gasteiger partial charge in [-0.3, -0.25) is 10.1 Å². The van der Waals surface area contributed by atoms with Gasteiger partial charge in [-0.1, -0.05) is 6.58 Å². The van der Waals surface area contributed by atoms with E-state index in [0.717, 1.165) is 16.8 Å². The maximum atomic E-state index is 10.6. The second kappa shape index (κ2) is 5.34. The summed E-state index contributed by atoms with van der Waals surface area (Å²) in [6.07, 6.45) is 5.22. The first-order valence-corrected chi connectivity index (χ1v) is 5.74. The number of nitro groups is 1. The summed E-state index contributed by atoms with van der Waals surface area (Å²) in [4.78, 5) is 10.2. The van der Waals surface area contributed by atoms with Crippen molar-refractivity contribution in [2.45, 2.75) is 13.5 Å². The van der Waals surface area contributed by atoms with Crippen molar-refractivity contribution in [3.8, 4) is 0 Å². The molecular weight excluding hydrogens is 244 g/mol. The SMILES string of the molecule is C=Cn1cc(CNc2ccc([N+](=O)[O-])cc2C)cn1. The fourth-order valence-electron chi connectivity index (χ4n) is 1.73. The highest BCUT2D eigenvalue weighted by molar-refractivity contribution is 5.55. The van der Waals surface area contributed by atoms with E-state index in [4.69, 9.17) is 0 Å². The number of aryl methyl sites for hydroxylation is 1. The first-order valence-electron chi connectivity index (χ1n) is 5.74. The van der Waals surface area contributed by atoms with Crippen molar-refractivity contribution in [3.05, 3.63) is 58.4 Å². The Morgan fingerprint density at radius 3 is 2.95 bits per heavy atom. The highest BCUT2D eigenvalue weighted by atomic mass is 16.6. The molecule has 0 bridgehead atoms. The van der Waals surface area contributed by atoms with E-state index < -0.39 is 4.92 Å². The number of anilines is 1. The lowest BCUT2D eigenvalue weighted by molar-refractivity contribution is -0.384. The summed E-state index contributed by atoms with van der Waals surface area (Å²) in [5.74, 6) is 0. The van der Waals surface area contributed by atoms with E-state index >= 15 is 0 Å². The molecule has 0 amide bonds. The zero-order valence-electron chi connectivity index (χ0n) is 10.5. The molecule has 1 heterocycles. The molecule has 19 heavy (non-hydrogen) atoms. The quantitative estimate of drug-likeness (QED) is 0.661. The van der Waals surface area contributed by atoms with Crippen LogP contribution in [0.25, 0.3) is 6.20 Å². The molecule has 0 spiro atoms. The average molecular weight is 258 g/mol. The Hall–Kier alpha value is -2.63. The third-order valence-electron chi connectivity index (χ3n) is 2.75. The van der Waals surface area contributed by atoms with Gasteiger partial charge in [0.1, 0.15) is 0 Å². The predicted molar refractivity (Wildman–Crippen MR) is 73.8 cm³/mol. The molecule has 2 aromatic rings. The normalized spacial score (nSPS) is 10.2. The lowest BCUT2D eigenvalue weighted by Gasteiger charge is -2.07. The summed E-state index contributed by atoms with van der Waals surface area (Å²) in [6, 6.07) is 4.75. The molecule has 0 aliphatic rings. The van der Waals surface area contributed by atoms with E-state index in [0.29, 0.717) is 6.54 Å². The van der Waals surface area contributed by atoms with Crippen LogP contribution in [0, 0.1) is 17.0 Å². The fraction of sp³-hybridized carbons (Fsp3) is 0.154. The van der Waals surface area contributed by atoms with Crippen LogP contribution in [0.15, 0.2) is 37.2 Å². The minimum Gasteiger partial charge on any atom is -0.381 e. The third kappa shape index (κ3) is 2.98. The van der Waals surface area contributed by atoms with Gasteiger partial charge in [-0.25, -0.2) is 4.68 Å². The molecule has 0 aliphatic carbocycles. The monoisotopic (exact) mass is 258 g/mol. The molecule has 0 saturated carbocycles. The van der Waals surface area contributed by atoms with Gasteiger partial charge in [-0.2, -0.15) is 5.10 Å². The van der Waals surface area contributed by atoms with Crippen LogP contribution < -0.4 is 5.32 Å². The van der Waals surface area contributed by atoms with Gasteiger partial charge in [0.15, 0.2) is 0 Å². The zero-order chi connectivity index (χ0) is 13.8. The summed E-state index contributed by atoms with van der Waals surface area (Å²) in [5.41, 5.74) is 2.82. The molecule has 0 fully saturated rings. The second-order valence-electron chi connectivity index (χ2n) is 4.12. The van der Waals surface area contributed by atoms with Crippen molar-refractivity contribution < 1.29 is 4.92 Å². The van der Waals surface area contributed by atoms with Gasteiger partial charge in [0.2, 0.25) is 0 Å². The molecule has 6 nitrogen and oxygen atoms in total. The van der Waals surface area contributed by atoms with Gasteiger partial charge in [0.05, 0.1) is 11.1 Å². The van der Waals surface area contributed by atoms with Gasteiger partial charge < -0.3 is 5.32 Å². The smallest absolute Gasteiger partial charge is 0.269 e. The van der Waals surface area contributed by atoms with E-state index in [2.05, 4.69) is 17.0 Å². The lowest BCUT2D eigenvalue weighted by Crippen LogP contribution is -2.00. The van der Waals surface area contributed by atoms with E-state index in [9.17, 15) is 10.1 Å². The lowest BCUT2D eigenvalue weighted by atomic mass is 10.1. The summed E-state index contributed by atoms with van der Waals surface area (Å²) in [6.45, 7) is 6.06. The van der Waals surface area contributed by atoms with E-state index in [1.54, 1.807) is 29.2 Å². The van der Waals surface area contributed by atoms with Crippen molar-refractivity contribution in [1.29, 1.82) is 0 Å². The molecule has 1 N–H and O–H groups in total. The second-order valence-corrected chi connectivity index (χ2v) is 4.12. The molecule has 0 saturated heterocycles. The van der Waals surface area contributed by atoms with Gasteiger partial charge in [0, 0.05) is 42.3 Å². The molecule has 6 heteroatoms. The van der Waals surface area contributed by atoms with Gasteiger partial charge in [0.25, 0.3) is 5.69 Å². The number of nitro benzene ring substituents is 1. The first kappa shape index (κ1) is 12.8. The van der Waals surface area contributed by atoms with Crippen LogP contribution >= 0.6 is 0 Å². The molecule has 0 radical (unpaired) electrons. The fourth-order valence-corrected chi connectivity index (χ4v) is 1.73. The van der Waals surface area contributed by atoms with Crippen molar-refractivity contribution >= 4 is 17.6 Å². The molecule has 0 unspecified atom stereocenters. The maximum absolute atomic E-state index is 10.6.